The number of esters is 2. The molecule has 0 fully saturated rings. The summed E-state index contributed by atoms with van der Waals surface area (Å²) in [5, 5.41) is 11.1. The van der Waals surface area contributed by atoms with E-state index in [0.29, 0.717) is 0 Å². The summed E-state index contributed by atoms with van der Waals surface area (Å²) in [5.41, 5.74) is -0.378. The van der Waals surface area contributed by atoms with Crippen molar-refractivity contribution in [2.24, 2.45) is 0 Å². The third kappa shape index (κ3) is 6.20. The van der Waals surface area contributed by atoms with Gasteiger partial charge in [0, 0.05) is 27.7 Å². The topological polar surface area (TPSA) is 114 Å². The minimum Gasteiger partial charge on any atom is -0.455 e. The Hall–Kier alpha value is -2.84. The highest BCUT2D eigenvalue weighted by Crippen LogP contribution is 2.32. The molecule has 1 rings (SSSR count). The van der Waals surface area contributed by atoms with Crippen molar-refractivity contribution in [3.05, 3.63) is 28.3 Å². The fourth-order valence-corrected chi connectivity index (χ4v) is 1.70. The average molecular weight is 327 g/mol. The summed E-state index contributed by atoms with van der Waals surface area (Å²) in [4.78, 5) is 32.1. The van der Waals surface area contributed by atoms with E-state index in [9.17, 15) is 19.7 Å². The molecule has 126 valence electrons. The largest absolute Gasteiger partial charge is 0.455 e. The molecule has 0 radical (unpaired) electrons. The number of rotatable bonds is 7. The standard InChI is InChI=1S/C14H17NO8/c1-8(16)20-10(3)22-12-5-6-14(13(7-12)15(18)19)23-11(4)21-9(2)17/h5-7,10-11H,1-4H3. The van der Waals surface area contributed by atoms with Crippen molar-refractivity contribution in [3.63, 3.8) is 0 Å². The smallest absolute Gasteiger partial charge is 0.314 e. The van der Waals surface area contributed by atoms with Gasteiger partial charge in [-0.2, -0.15) is 0 Å². The highest BCUT2D eigenvalue weighted by atomic mass is 16.7. The second-order valence-corrected chi connectivity index (χ2v) is 4.48. The molecule has 0 saturated heterocycles. The van der Waals surface area contributed by atoms with Crippen LogP contribution in [0.4, 0.5) is 5.69 Å². The normalized spacial score (nSPS) is 12.7. The summed E-state index contributed by atoms with van der Waals surface area (Å²) in [7, 11) is 0. The number of hydrogen-bond acceptors (Lipinski definition) is 8. The Morgan fingerprint density at radius 3 is 2.04 bits per heavy atom. The van der Waals surface area contributed by atoms with E-state index in [2.05, 4.69) is 0 Å². The Bertz CT molecular complexity index is 600. The molecule has 0 amide bonds. The van der Waals surface area contributed by atoms with E-state index >= 15 is 0 Å². The zero-order chi connectivity index (χ0) is 17.6. The molecule has 0 spiro atoms. The number of hydrogen-bond donors (Lipinski definition) is 0. The summed E-state index contributed by atoms with van der Waals surface area (Å²) < 4.78 is 20.0. The molecule has 2 atom stereocenters. The fraction of sp³-hybridized carbons (Fsp3) is 0.429. The van der Waals surface area contributed by atoms with Crippen LogP contribution in [0.1, 0.15) is 27.7 Å². The van der Waals surface area contributed by atoms with E-state index in [1.165, 1.54) is 39.8 Å². The predicted octanol–water partition coefficient (Wildman–Crippen LogP) is 2.17. The molecule has 0 aliphatic heterocycles. The van der Waals surface area contributed by atoms with E-state index in [1.807, 2.05) is 0 Å². The maximum absolute atomic E-state index is 11.1. The van der Waals surface area contributed by atoms with Gasteiger partial charge in [-0.1, -0.05) is 0 Å². The van der Waals surface area contributed by atoms with E-state index in [0.717, 1.165) is 6.07 Å². The second kappa shape index (κ2) is 7.97. The van der Waals surface area contributed by atoms with Crippen molar-refractivity contribution in [2.75, 3.05) is 0 Å². The average Bonchev–Trinajstić information content (AvgIpc) is 2.38. The van der Waals surface area contributed by atoms with Crippen LogP contribution in [0.2, 0.25) is 0 Å². The lowest BCUT2D eigenvalue weighted by molar-refractivity contribution is -0.386. The Labute approximate surface area is 132 Å². The number of ether oxygens (including phenoxy) is 4. The summed E-state index contributed by atoms with van der Waals surface area (Å²) in [6, 6.07) is 3.83. The summed E-state index contributed by atoms with van der Waals surface area (Å²) in [5.74, 6) is -1.08. The van der Waals surface area contributed by atoms with Crippen LogP contribution in [0.15, 0.2) is 18.2 Å². The van der Waals surface area contributed by atoms with Crippen molar-refractivity contribution in [3.8, 4) is 11.5 Å². The number of benzene rings is 1. The number of carbonyl (C=O) groups excluding carboxylic acids is 2. The molecule has 0 saturated carbocycles. The minimum absolute atomic E-state index is 0.0868. The second-order valence-electron chi connectivity index (χ2n) is 4.48. The predicted molar refractivity (Wildman–Crippen MR) is 76.8 cm³/mol. The Morgan fingerprint density at radius 1 is 1.04 bits per heavy atom. The van der Waals surface area contributed by atoms with Crippen LogP contribution in [0.3, 0.4) is 0 Å². The molecular formula is C14H17NO8. The zero-order valence-corrected chi connectivity index (χ0v) is 13.1. The molecule has 9 heteroatoms. The maximum Gasteiger partial charge on any atom is 0.314 e. The van der Waals surface area contributed by atoms with Crippen LogP contribution in [-0.2, 0) is 19.1 Å². The van der Waals surface area contributed by atoms with Gasteiger partial charge in [0.15, 0.2) is 0 Å². The first-order valence-corrected chi connectivity index (χ1v) is 6.65. The Balaban J connectivity index is 2.91. The molecule has 0 aliphatic carbocycles. The van der Waals surface area contributed by atoms with Gasteiger partial charge in [-0.25, -0.2) is 0 Å². The molecule has 0 aromatic heterocycles. The number of nitro benzene ring substituents is 1. The Kier molecular flexibility index (Phi) is 6.31. The van der Waals surface area contributed by atoms with Crippen LogP contribution in [-0.4, -0.2) is 29.4 Å². The SMILES string of the molecule is CC(=O)OC(C)Oc1ccc(OC(C)OC(C)=O)c([N+](=O)[O-])c1. The maximum atomic E-state index is 11.1. The molecule has 9 nitrogen and oxygen atoms in total. The summed E-state index contributed by atoms with van der Waals surface area (Å²) in [6.45, 7) is 5.32. The fourth-order valence-electron chi connectivity index (χ4n) is 1.70. The van der Waals surface area contributed by atoms with Gasteiger partial charge in [0.05, 0.1) is 11.0 Å². The molecule has 23 heavy (non-hydrogen) atoms. The molecule has 0 heterocycles. The highest BCUT2D eigenvalue weighted by Gasteiger charge is 2.20. The quantitative estimate of drug-likeness (QED) is 0.324. The Morgan fingerprint density at radius 2 is 1.57 bits per heavy atom. The van der Waals surface area contributed by atoms with Crippen molar-refractivity contribution >= 4 is 17.6 Å². The molecular weight excluding hydrogens is 310 g/mol. The van der Waals surface area contributed by atoms with Gasteiger partial charge in [-0.05, 0) is 12.1 Å². The minimum atomic E-state index is -0.988. The highest BCUT2D eigenvalue weighted by molar-refractivity contribution is 5.66. The van der Waals surface area contributed by atoms with Crippen LogP contribution in [0.25, 0.3) is 0 Å². The van der Waals surface area contributed by atoms with Gasteiger partial charge in [-0.3, -0.25) is 19.7 Å². The van der Waals surface area contributed by atoms with Crippen molar-refractivity contribution < 1.29 is 33.5 Å². The van der Waals surface area contributed by atoms with Gasteiger partial charge in [0.1, 0.15) is 5.75 Å². The van der Waals surface area contributed by atoms with Crippen molar-refractivity contribution in [1.29, 1.82) is 0 Å². The third-order valence-electron chi connectivity index (χ3n) is 2.39. The molecule has 2 unspecified atom stereocenters. The lowest BCUT2D eigenvalue weighted by Crippen LogP contribution is -2.20. The van der Waals surface area contributed by atoms with Gasteiger partial charge >= 0.3 is 17.6 Å². The van der Waals surface area contributed by atoms with Gasteiger partial charge < -0.3 is 18.9 Å². The van der Waals surface area contributed by atoms with Crippen LogP contribution < -0.4 is 9.47 Å². The van der Waals surface area contributed by atoms with Gasteiger partial charge in [0.2, 0.25) is 18.3 Å². The lowest BCUT2D eigenvalue weighted by Gasteiger charge is -2.16. The number of nitro groups is 1. The van der Waals surface area contributed by atoms with E-state index in [-0.39, 0.29) is 17.2 Å². The third-order valence-corrected chi connectivity index (χ3v) is 2.39. The van der Waals surface area contributed by atoms with Gasteiger partial charge in [0.25, 0.3) is 0 Å². The molecule has 0 N–H and O–H groups in total. The first-order valence-electron chi connectivity index (χ1n) is 6.65. The first kappa shape index (κ1) is 18.2. The van der Waals surface area contributed by atoms with Crippen LogP contribution in [0.5, 0.6) is 11.5 Å². The van der Waals surface area contributed by atoms with Crippen LogP contribution >= 0.6 is 0 Å². The number of carbonyl (C=O) groups is 2. The van der Waals surface area contributed by atoms with E-state index in [1.54, 1.807) is 0 Å². The zero-order valence-electron chi connectivity index (χ0n) is 13.1. The molecule has 1 aromatic carbocycles. The molecule has 0 aliphatic rings. The summed E-state index contributed by atoms with van der Waals surface area (Å²) >= 11 is 0. The monoisotopic (exact) mass is 327 g/mol. The van der Waals surface area contributed by atoms with Crippen molar-refractivity contribution in [2.45, 2.75) is 40.3 Å². The van der Waals surface area contributed by atoms with E-state index in [4.69, 9.17) is 18.9 Å². The van der Waals surface area contributed by atoms with Crippen LogP contribution in [0, 0.1) is 10.1 Å². The van der Waals surface area contributed by atoms with Gasteiger partial charge in [-0.15, -0.1) is 0 Å². The molecule has 1 aromatic rings. The lowest BCUT2D eigenvalue weighted by atomic mass is 10.3. The molecule has 0 bridgehead atoms. The number of nitrogens with zero attached hydrogens (tertiary/aromatic N) is 1. The van der Waals surface area contributed by atoms with Crippen molar-refractivity contribution in [1.82, 2.24) is 0 Å². The summed E-state index contributed by atoms with van der Waals surface area (Å²) in [6.07, 6.45) is -1.89. The van der Waals surface area contributed by atoms with E-state index < -0.39 is 29.4 Å². The first-order chi connectivity index (χ1) is 10.7.